The number of rotatable bonds is 8. The minimum Gasteiger partial charge on any atom is -0.481 e. The van der Waals surface area contributed by atoms with Gasteiger partial charge in [-0.3, -0.25) is 4.79 Å². The topological polar surface area (TPSA) is 101 Å². The lowest BCUT2D eigenvalue weighted by Gasteiger charge is -2.20. The number of carboxylic acid groups (broad SMARTS) is 1. The molecule has 0 aliphatic heterocycles. The molecule has 0 aromatic heterocycles. The first kappa shape index (κ1) is 17.3. The Labute approximate surface area is 138 Å². The molecule has 9 heteroatoms. The van der Waals surface area contributed by atoms with Crippen LogP contribution < -0.4 is 0 Å². The van der Waals surface area contributed by atoms with E-state index in [9.17, 15) is 18.0 Å². The van der Waals surface area contributed by atoms with Crippen molar-refractivity contribution in [3.63, 3.8) is 0 Å². The molecular weight excluding hydrogens is 321 g/mol. The maximum absolute atomic E-state index is 12.4. The van der Waals surface area contributed by atoms with Crippen LogP contribution in [0, 0.1) is 0 Å². The highest BCUT2D eigenvalue weighted by molar-refractivity contribution is 7.91. The molecule has 1 unspecified atom stereocenters. The molecule has 1 atom stereocenters. The number of hydrogen-bond donors (Lipinski definition) is 1. The SMILES string of the molecule is [2H]CN(B)C(=O)OC(CCCC(=O)O)CS(=O)(=O)c1ccccc1. The van der Waals surface area contributed by atoms with Crippen LogP contribution in [0.2, 0.25) is 0 Å². The third kappa shape index (κ3) is 6.73. The summed E-state index contributed by atoms with van der Waals surface area (Å²) in [7, 11) is -2.65. The summed E-state index contributed by atoms with van der Waals surface area (Å²) >= 11 is 0. The van der Waals surface area contributed by atoms with E-state index in [0.717, 1.165) is 4.81 Å². The van der Waals surface area contributed by atoms with Gasteiger partial charge in [0.15, 0.2) is 9.84 Å². The number of sulfone groups is 1. The van der Waals surface area contributed by atoms with Crippen molar-refractivity contribution in [3.05, 3.63) is 30.3 Å². The van der Waals surface area contributed by atoms with E-state index in [0.29, 0.717) is 0 Å². The zero-order valence-electron chi connectivity index (χ0n) is 13.8. The molecule has 0 bridgehead atoms. The quantitative estimate of drug-likeness (QED) is 0.698. The number of carbonyl (C=O) groups excluding carboxylic acids is 1. The predicted octanol–water partition coefficient (Wildman–Crippen LogP) is 0.700. The number of carboxylic acids is 1. The van der Waals surface area contributed by atoms with Crippen LogP contribution in [0.15, 0.2) is 35.2 Å². The summed E-state index contributed by atoms with van der Waals surface area (Å²) in [6.45, 7) is 0. The number of carbonyl (C=O) groups is 2. The molecule has 1 rings (SSSR count). The highest BCUT2D eigenvalue weighted by Crippen LogP contribution is 2.16. The van der Waals surface area contributed by atoms with Gasteiger partial charge in [-0.25, -0.2) is 13.2 Å². The molecule has 0 radical (unpaired) electrons. The monoisotopic (exact) mass is 342 g/mol. The maximum atomic E-state index is 12.4. The van der Waals surface area contributed by atoms with Gasteiger partial charge < -0.3 is 14.7 Å². The summed E-state index contributed by atoms with van der Waals surface area (Å²) in [5.74, 6) is -1.44. The summed E-state index contributed by atoms with van der Waals surface area (Å²) in [5, 5.41) is 8.69. The highest BCUT2D eigenvalue weighted by Gasteiger charge is 2.24. The van der Waals surface area contributed by atoms with E-state index in [2.05, 4.69) is 0 Å². The van der Waals surface area contributed by atoms with Crippen molar-refractivity contribution in [2.24, 2.45) is 0 Å². The lowest BCUT2D eigenvalue weighted by Crippen LogP contribution is -2.33. The number of nitrogens with zero attached hydrogens (tertiary/aromatic N) is 1. The van der Waals surface area contributed by atoms with Crippen LogP contribution in [0.4, 0.5) is 4.79 Å². The molecule has 0 aliphatic carbocycles. The number of amides is 1. The normalized spacial score (nSPS) is 13.0. The molecule has 0 fully saturated rings. The second-order valence-electron chi connectivity index (χ2n) is 5.08. The number of ether oxygens (including phenoxy) is 1. The van der Waals surface area contributed by atoms with E-state index < -0.39 is 33.8 Å². The molecule has 0 saturated heterocycles. The fourth-order valence-electron chi connectivity index (χ4n) is 1.86. The molecule has 1 aromatic carbocycles. The fourth-order valence-corrected chi connectivity index (χ4v) is 3.35. The minimum atomic E-state index is -3.68. The van der Waals surface area contributed by atoms with Gasteiger partial charge in [0.1, 0.15) is 6.10 Å². The second kappa shape index (κ2) is 8.57. The van der Waals surface area contributed by atoms with Crippen molar-refractivity contribution in [3.8, 4) is 0 Å². The summed E-state index contributed by atoms with van der Waals surface area (Å²) in [6, 6.07) is 7.76. The van der Waals surface area contributed by atoms with Crippen LogP contribution in [-0.2, 0) is 19.4 Å². The van der Waals surface area contributed by atoms with E-state index in [1.807, 2.05) is 0 Å². The van der Waals surface area contributed by atoms with Crippen LogP contribution in [0.3, 0.4) is 0 Å². The standard InChI is InChI=1S/C14H20BNO6S/c1-16(15)14(19)22-11(6-5-9-13(17)18)10-23(20,21)12-7-3-2-4-8-12/h2-4,7-8,11H,5-6,9-10,15H2,1H3,(H,17,18)/i1D. The number of benzene rings is 1. The van der Waals surface area contributed by atoms with E-state index >= 15 is 0 Å². The van der Waals surface area contributed by atoms with Crippen molar-refractivity contribution < 1.29 is 29.2 Å². The van der Waals surface area contributed by atoms with E-state index in [1.165, 1.54) is 20.1 Å². The Kier molecular flexibility index (Phi) is 6.45. The van der Waals surface area contributed by atoms with Crippen LogP contribution in [0.25, 0.3) is 0 Å². The molecule has 1 amide bonds. The van der Waals surface area contributed by atoms with Gasteiger partial charge in [0.2, 0.25) is 7.98 Å². The molecule has 0 heterocycles. The maximum Gasteiger partial charge on any atom is 0.396 e. The van der Waals surface area contributed by atoms with Crippen molar-refractivity contribution in [2.75, 3.05) is 12.8 Å². The summed E-state index contributed by atoms with van der Waals surface area (Å²) in [4.78, 5) is 23.5. The average Bonchev–Trinajstić information content (AvgIpc) is 2.54. The Balaban J connectivity index is 2.83. The Morgan fingerprint density at radius 1 is 1.39 bits per heavy atom. The van der Waals surface area contributed by atoms with Crippen molar-refractivity contribution >= 4 is 29.9 Å². The van der Waals surface area contributed by atoms with E-state index in [4.69, 9.17) is 11.2 Å². The lowest BCUT2D eigenvalue weighted by atomic mass is 10.2. The molecule has 0 saturated carbocycles. The van der Waals surface area contributed by atoms with Gasteiger partial charge >= 0.3 is 12.1 Å². The van der Waals surface area contributed by atoms with E-state index in [1.54, 1.807) is 18.2 Å². The first-order valence-electron chi connectivity index (χ1n) is 7.67. The Morgan fingerprint density at radius 3 is 2.61 bits per heavy atom. The van der Waals surface area contributed by atoms with Crippen molar-refractivity contribution in [2.45, 2.75) is 30.3 Å². The first-order valence-corrected chi connectivity index (χ1v) is 8.62. The minimum absolute atomic E-state index is 0.107. The van der Waals surface area contributed by atoms with Gasteiger partial charge in [0, 0.05) is 7.79 Å². The van der Waals surface area contributed by atoms with Crippen LogP contribution in [0.1, 0.15) is 20.6 Å². The lowest BCUT2D eigenvalue weighted by molar-refractivity contribution is -0.137. The second-order valence-corrected chi connectivity index (χ2v) is 7.12. The van der Waals surface area contributed by atoms with Crippen LogP contribution >= 0.6 is 0 Å². The van der Waals surface area contributed by atoms with Gasteiger partial charge in [0.05, 0.1) is 10.6 Å². The summed E-state index contributed by atoms with van der Waals surface area (Å²) in [6.07, 6.45) is -1.64. The molecule has 23 heavy (non-hydrogen) atoms. The molecule has 1 aromatic rings. The first-order chi connectivity index (χ1) is 11.3. The zero-order valence-corrected chi connectivity index (χ0v) is 13.7. The molecule has 1 N–H and O–H groups in total. The van der Waals surface area contributed by atoms with Gasteiger partial charge in [-0.05, 0) is 32.0 Å². The molecule has 0 spiro atoms. The summed E-state index contributed by atoms with van der Waals surface area (Å²) in [5.41, 5.74) is 0. The number of hydrogen-bond acceptors (Lipinski definition) is 5. The highest BCUT2D eigenvalue weighted by atomic mass is 32.2. The molecule has 126 valence electrons. The summed E-state index contributed by atoms with van der Waals surface area (Å²) < 4.78 is 37.1. The average molecular weight is 342 g/mol. The van der Waals surface area contributed by atoms with Gasteiger partial charge in [-0.1, -0.05) is 18.2 Å². The number of aliphatic carboxylic acids is 1. The zero-order chi connectivity index (χ0) is 18.2. The molecule has 7 nitrogen and oxygen atoms in total. The Hall–Kier alpha value is -2.03. The smallest absolute Gasteiger partial charge is 0.396 e. The van der Waals surface area contributed by atoms with Crippen LogP contribution in [-0.4, -0.2) is 57.3 Å². The molecular formula is C14H20BNO6S. The van der Waals surface area contributed by atoms with Gasteiger partial charge in [-0.2, -0.15) is 0 Å². The van der Waals surface area contributed by atoms with E-state index in [-0.39, 0.29) is 31.2 Å². The fraction of sp³-hybridized carbons (Fsp3) is 0.429. The Morgan fingerprint density at radius 2 is 2.04 bits per heavy atom. The van der Waals surface area contributed by atoms with Gasteiger partial charge in [0.25, 0.3) is 0 Å². The van der Waals surface area contributed by atoms with Crippen LogP contribution in [0.5, 0.6) is 0 Å². The van der Waals surface area contributed by atoms with Crippen molar-refractivity contribution in [1.82, 2.24) is 4.81 Å². The largest absolute Gasteiger partial charge is 0.481 e. The van der Waals surface area contributed by atoms with Crippen molar-refractivity contribution in [1.29, 1.82) is 0 Å². The third-order valence-electron chi connectivity index (χ3n) is 3.00. The predicted molar refractivity (Wildman–Crippen MR) is 86.6 cm³/mol. The Bertz CT molecular complexity index is 654. The molecule has 0 aliphatic rings. The van der Waals surface area contributed by atoms with Gasteiger partial charge in [-0.15, -0.1) is 0 Å². The third-order valence-corrected chi connectivity index (χ3v) is 4.80.